The molecule has 1 unspecified atom stereocenters. The first-order valence-corrected chi connectivity index (χ1v) is 4.34. The van der Waals surface area contributed by atoms with Crippen molar-refractivity contribution in [2.24, 2.45) is 0 Å². The van der Waals surface area contributed by atoms with Crippen LogP contribution in [0.5, 0.6) is 0 Å². The highest BCUT2D eigenvalue weighted by atomic mass is 19.3. The van der Waals surface area contributed by atoms with E-state index in [0.29, 0.717) is 6.42 Å². The lowest BCUT2D eigenvalue weighted by Crippen LogP contribution is -2.34. The predicted molar refractivity (Wildman–Crippen MR) is 42.7 cm³/mol. The van der Waals surface area contributed by atoms with Crippen molar-refractivity contribution in [2.75, 3.05) is 6.61 Å². The topological polar surface area (TPSA) is 38.3 Å². The van der Waals surface area contributed by atoms with Gasteiger partial charge in [0.2, 0.25) is 5.92 Å². The van der Waals surface area contributed by atoms with Crippen LogP contribution in [0.15, 0.2) is 0 Å². The van der Waals surface area contributed by atoms with Crippen LogP contribution in [0.3, 0.4) is 0 Å². The highest BCUT2D eigenvalue weighted by molar-refractivity contribution is 5.67. The average molecular weight is 193 g/mol. The van der Waals surface area contributed by atoms with Gasteiger partial charge in [-0.1, -0.05) is 0 Å². The lowest BCUT2D eigenvalue weighted by molar-refractivity contribution is 0.00700. The second-order valence-electron chi connectivity index (χ2n) is 3.16. The largest absolute Gasteiger partial charge is 0.450 e. The third kappa shape index (κ3) is 3.16. The average Bonchev–Trinajstić information content (AvgIpc) is 2.30. The van der Waals surface area contributed by atoms with E-state index in [2.05, 4.69) is 10.1 Å². The van der Waals surface area contributed by atoms with Crippen LogP contribution in [0.2, 0.25) is 0 Å². The number of halogens is 2. The van der Waals surface area contributed by atoms with Crippen molar-refractivity contribution >= 4 is 6.09 Å². The normalized spacial score (nSPS) is 25.6. The summed E-state index contributed by atoms with van der Waals surface area (Å²) in [5, 5.41) is 2.39. The number of carbonyl (C=O) groups is 1. The molecule has 0 heterocycles. The predicted octanol–water partition coefficient (Wildman–Crippen LogP) is 1.92. The first-order valence-electron chi connectivity index (χ1n) is 4.34. The van der Waals surface area contributed by atoms with Crippen molar-refractivity contribution in [3.05, 3.63) is 0 Å². The zero-order chi connectivity index (χ0) is 9.90. The number of alkyl carbamates (subject to hydrolysis) is 1. The van der Waals surface area contributed by atoms with Crippen LogP contribution in [0.1, 0.15) is 26.2 Å². The Hall–Kier alpha value is -0.870. The van der Waals surface area contributed by atoms with Gasteiger partial charge < -0.3 is 10.1 Å². The van der Waals surface area contributed by atoms with Gasteiger partial charge in [-0.15, -0.1) is 0 Å². The van der Waals surface area contributed by atoms with E-state index in [4.69, 9.17) is 0 Å². The van der Waals surface area contributed by atoms with Crippen molar-refractivity contribution in [3.8, 4) is 0 Å². The molecule has 1 fully saturated rings. The van der Waals surface area contributed by atoms with Crippen LogP contribution in [0, 0.1) is 0 Å². The molecule has 1 amide bonds. The maximum absolute atomic E-state index is 12.6. The SMILES string of the molecule is CCOC(=O)NC1CCC(F)(F)C1. The summed E-state index contributed by atoms with van der Waals surface area (Å²) in [6.45, 7) is 1.93. The van der Waals surface area contributed by atoms with Gasteiger partial charge in [-0.05, 0) is 13.3 Å². The van der Waals surface area contributed by atoms with Crippen molar-refractivity contribution in [2.45, 2.75) is 38.2 Å². The van der Waals surface area contributed by atoms with Crippen LogP contribution in [0.4, 0.5) is 13.6 Å². The summed E-state index contributed by atoms with van der Waals surface area (Å²) in [6.07, 6.45) is -0.702. The Morgan fingerprint density at radius 1 is 1.69 bits per heavy atom. The van der Waals surface area contributed by atoms with Crippen LogP contribution in [0.25, 0.3) is 0 Å². The van der Waals surface area contributed by atoms with E-state index in [0.717, 1.165) is 0 Å². The fourth-order valence-corrected chi connectivity index (χ4v) is 1.41. The van der Waals surface area contributed by atoms with Gasteiger partial charge in [0.25, 0.3) is 0 Å². The first kappa shape index (κ1) is 10.2. The van der Waals surface area contributed by atoms with E-state index in [1.165, 1.54) is 0 Å². The summed E-state index contributed by atoms with van der Waals surface area (Å²) >= 11 is 0. The van der Waals surface area contributed by atoms with Gasteiger partial charge >= 0.3 is 6.09 Å². The number of nitrogens with one attached hydrogen (secondary N) is 1. The van der Waals surface area contributed by atoms with E-state index in [1.807, 2.05) is 0 Å². The Morgan fingerprint density at radius 2 is 2.38 bits per heavy atom. The minimum absolute atomic E-state index is 0.149. The van der Waals surface area contributed by atoms with Crippen molar-refractivity contribution in [1.82, 2.24) is 5.32 Å². The molecular formula is C8H13F2NO2. The molecular weight excluding hydrogens is 180 g/mol. The number of rotatable bonds is 2. The van der Waals surface area contributed by atoms with Gasteiger partial charge in [-0.3, -0.25) is 0 Å². The van der Waals surface area contributed by atoms with Gasteiger partial charge in [-0.25, -0.2) is 13.6 Å². The standard InChI is InChI=1S/C8H13F2NO2/c1-2-13-7(12)11-6-3-4-8(9,10)5-6/h6H,2-5H2,1H3,(H,11,12). The van der Waals surface area contributed by atoms with E-state index >= 15 is 0 Å². The lowest BCUT2D eigenvalue weighted by atomic mass is 10.2. The zero-order valence-corrected chi connectivity index (χ0v) is 7.48. The first-order chi connectivity index (χ1) is 6.03. The summed E-state index contributed by atoms with van der Waals surface area (Å²) in [4.78, 5) is 10.8. The fourth-order valence-electron chi connectivity index (χ4n) is 1.41. The van der Waals surface area contributed by atoms with Crippen LogP contribution < -0.4 is 5.32 Å². The molecule has 0 spiro atoms. The Balaban J connectivity index is 2.28. The van der Waals surface area contributed by atoms with Gasteiger partial charge in [-0.2, -0.15) is 0 Å². The molecule has 76 valence electrons. The summed E-state index contributed by atoms with van der Waals surface area (Å²) in [7, 11) is 0. The molecule has 13 heavy (non-hydrogen) atoms. The molecule has 0 aromatic heterocycles. The molecule has 1 N–H and O–H groups in total. The van der Waals surface area contributed by atoms with E-state index in [1.54, 1.807) is 6.92 Å². The minimum atomic E-state index is -2.62. The van der Waals surface area contributed by atoms with Crippen molar-refractivity contribution in [3.63, 3.8) is 0 Å². The van der Waals surface area contributed by atoms with E-state index in [9.17, 15) is 13.6 Å². The molecule has 0 aromatic carbocycles. The van der Waals surface area contributed by atoms with Crippen LogP contribution in [-0.4, -0.2) is 24.7 Å². The van der Waals surface area contributed by atoms with Gasteiger partial charge in [0.1, 0.15) is 0 Å². The molecule has 1 atom stereocenters. The molecule has 0 aliphatic heterocycles. The number of carbonyl (C=O) groups excluding carboxylic acids is 1. The van der Waals surface area contributed by atoms with Crippen molar-refractivity contribution < 1.29 is 18.3 Å². The summed E-state index contributed by atoms with van der Waals surface area (Å²) < 4.78 is 29.9. The second kappa shape index (κ2) is 3.89. The number of hydrogen-bond acceptors (Lipinski definition) is 2. The molecule has 1 aliphatic carbocycles. The number of hydrogen-bond donors (Lipinski definition) is 1. The summed E-state index contributed by atoms with van der Waals surface area (Å²) in [6, 6.07) is -0.436. The van der Waals surface area contributed by atoms with Crippen LogP contribution >= 0.6 is 0 Å². The number of alkyl halides is 2. The Morgan fingerprint density at radius 3 is 2.85 bits per heavy atom. The van der Waals surface area contributed by atoms with Crippen LogP contribution in [-0.2, 0) is 4.74 Å². The van der Waals surface area contributed by atoms with Gasteiger partial charge in [0.15, 0.2) is 0 Å². The van der Waals surface area contributed by atoms with Gasteiger partial charge in [0, 0.05) is 18.9 Å². The van der Waals surface area contributed by atoms with Gasteiger partial charge in [0.05, 0.1) is 6.61 Å². The highest BCUT2D eigenvalue weighted by Crippen LogP contribution is 2.34. The lowest BCUT2D eigenvalue weighted by Gasteiger charge is -2.12. The minimum Gasteiger partial charge on any atom is -0.450 e. The van der Waals surface area contributed by atoms with E-state index < -0.39 is 18.1 Å². The zero-order valence-electron chi connectivity index (χ0n) is 7.48. The second-order valence-corrected chi connectivity index (χ2v) is 3.16. The molecule has 5 heteroatoms. The molecule has 0 aromatic rings. The Kier molecular flexibility index (Phi) is 3.06. The number of amides is 1. The third-order valence-corrected chi connectivity index (χ3v) is 2.00. The summed E-state index contributed by atoms with van der Waals surface area (Å²) in [5.74, 6) is -2.62. The highest BCUT2D eigenvalue weighted by Gasteiger charge is 2.40. The summed E-state index contributed by atoms with van der Waals surface area (Å²) in [5.41, 5.74) is 0. The third-order valence-electron chi connectivity index (χ3n) is 2.00. The molecule has 0 saturated heterocycles. The maximum Gasteiger partial charge on any atom is 0.407 e. The monoisotopic (exact) mass is 193 g/mol. The Bertz CT molecular complexity index is 197. The van der Waals surface area contributed by atoms with Crippen molar-refractivity contribution in [1.29, 1.82) is 0 Å². The molecule has 1 rings (SSSR count). The molecule has 0 bridgehead atoms. The maximum atomic E-state index is 12.6. The Labute approximate surface area is 75.4 Å². The molecule has 1 saturated carbocycles. The molecule has 0 radical (unpaired) electrons. The molecule has 1 aliphatic rings. The molecule has 3 nitrogen and oxygen atoms in total. The smallest absolute Gasteiger partial charge is 0.407 e. The quantitative estimate of drug-likeness (QED) is 0.727. The fraction of sp³-hybridized carbons (Fsp3) is 0.875. The van der Waals surface area contributed by atoms with E-state index in [-0.39, 0.29) is 19.4 Å². The number of ether oxygens (including phenoxy) is 1.